The fraction of sp³-hybridized carbons (Fsp3) is 0.533. The molecule has 10 heteroatoms. The molecule has 1 fully saturated rings. The van der Waals surface area contributed by atoms with E-state index < -0.39 is 14.9 Å². The second-order valence-corrected chi connectivity index (χ2v) is 7.98. The van der Waals surface area contributed by atoms with Crippen molar-refractivity contribution in [3.63, 3.8) is 0 Å². The highest BCUT2D eigenvalue weighted by Gasteiger charge is 2.32. The summed E-state index contributed by atoms with van der Waals surface area (Å²) in [4.78, 5) is 24.0. The molecule has 1 atom stereocenters. The van der Waals surface area contributed by atoms with E-state index in [2.05, 4.69) is 0 Å². The van der Waals surface area contributed by atoms with Crippen molar-refractivity contribution in [2.75, 3.05) is 32.7 Å². The minimum absolute atomic E-state index is 0.0724. The zero-order chi connectivity index (χ0) is 18.8. The summed E-state index contributed by atoms with van der Waals surface area (Å²) in [6.07, 6.45) is 0. The number of non-ortho nitro benzene ring substituents is 1. The summed E-state index contributed by atoms with van der Waals surface area (Å²) in [6.45, 7) is 4.41. The Morgan fingerprint density at radius 1 is 1.32 bits per heavy atom. The molecule has 2 rings (SSSR count). The molecule has 25 heavy (non-hydrogen) atoms. The van der Waals surface area contributed by atoms with Gasteiger partial charge in [-0.2, -0.15) is 4.31 Å². The van der Waals surface area contributed by atoms with Crippen molar-refractivity contribution in [1.29, 1.82) is 0 Å². The molecule has 138 valence electrons. The van der Waals surface area contributed by atoms with E-state index in [0.717, 1.165) is 6.07 Å². The molecule has 0 spiro atoms. The molecule has 0 aliphatic carbocycles. The Hall–Kier alpha value is -2.04. The number of hydrogen-bond donors (Lipinski definition) is 1. The number of nitro groups is 1. The number of nitro benzene ring substituents is 1. The lowest BCUT2D eigenvalue weighted by atomic mass is 10.1. The summed E-state index contributed by atoms with van der Waals surface area (Å²) in [7, 11) is -3.86. The number of nitrogens with two attached hydrogens (primary N) is 1. The molecular weight excluding hydrogens is 348 g/mol. The highest BCUT2D eigenvalue weighted by Crippen LogP contribution is 2.25. The maximum Gasteiger partial charge on any atom is 0.270 e. The van der Waals surface area contributed by atoms with Gasteiger partial charge in [0, 0.05) is 50.8 Å². The third-order valence-corrected chi connectivity index (χ3v) is 6.37. The van der Waals surface area contributed by atoms with Crippen LogP contribution in [0.25, 0.3) is 0 Å². The zero-order valence-electron chi connectivity index (χ0n) is 14.2. The van der Waals surface area contributed by atoms with Crippen molar-refractivity contribution in [3.05, 3.63) is 33.9 Å². The lowest BCUT2D eigenvalue weighted by Crippen LogP contribution is -2.52. The molecule has 1 amide bonds. The van der Waals surface area contributed by atoms with Gasteiger partial charge in [0.15, 0.2) is 0 Å². The summed E-state index contributed by atoms with van der Waals surface area (Å²) < 4.78 is 26.9. The van der Waals surface area contributed by atoms with E-state index >= 15 is 0 Å². The van der Waals surface area contributed by atoms with Gasteiger partial charge in [-0.1, -0.05) is 13.0 Å². The van der Waals surface area contributed by atoms with Crippen molar-refractivity contribution in [3.8, 4) is 0 Å². The molecule has 1 aliphatic rings. The van der Waals surface area contributed by atoms with E-state index in [4.69, 9.17) is 5.73 Å². The minimum atomic E-state index is -3.86. The van der Waals surface area contributed by atoms with Gasteiger partial charge in [-0.15, -0.1) is 0 Å². The van der Waals surface area contributed by atoms with Gasteiger partial charge in [0.25, 0.3) is 5.69 Å². The molecule has 1 aromatic carbocycles. The summed E-state index contributed by atoms with van der Waals surface area (Å²) in [5.74, 6) is -0.395. The van der Waals surface area contributed by atoms with E-state index in [1.807, 2.05) is 0 Å². The normalized spacial score (nSPS) is 17.3. The number of sulfonamides is 1. The maximum absolute atomic E-state index is 12.8. The van der Waals surface area contributed by atoms with Gasteiger partial charge in [-0.05, 0) is 12.5 Å². The first kappa shape index (κ1) is 19.3. The van der Waals surface area contributed by atoms with Crippen molar-refractivity contribution in [2.45, 2.75) is 18.7 Å². The van der Waals surface area contributed by atoms with Crippen LogP contribution in [-0.2, 0) is 14.8 Å². The third kappa shape index (κ3) is 3.97. The van der Waals surface area contributed by atoms with Gasteiger partial charge in [0.2, 0.25) is 15.9 Å². The number of carbonyl (C=O) groups excluding carboxylic acids is 1. The lowest BCUT2D eigenvalue weighted by Gasteiger charge is -2.35. The Labute approximate surface area is 146 Å². The maximum atomic E-state index is 12.8. The first-order chi connectivity index (χ1) is 11.7. The Balaban J connectivity index is 2.19. The van der Waals surface area contributed by atoms with Crippen LogP contribution in [-0.4, -0.2) is 61.2 Å². The standard InChI is InChI=1S/C15H22N4O5S/c1-11-3-4-13(19(21)22)9-14(11)25(23,24)18-7-5-17(6-8-18)15(20)12(2)10-16/h3-4,9,12H,5-8,10,16H2,1-2H3. The molecule has 1 unspecified atom stereocenters. The van der Waals surface area contributed by atoms with E-state index in [-0.39, 0.29) is 55.1 Å². The summed E-state index contributed by atoms with van der Waals surface area (Å²) in [5, 5.41) is 10.9. The van der Waals surface area contributed by atoms with Gasteiger partial charge < -0.3 is 10.6 Å². The van der Waals surface area contributed by atoms with Crippen LogP contribution < -0.4 is 5.73 Å². The number of rotatable bonds is 5. The Morgan fingerprint density at radius 2 is 1.92 bits per heavy atom. The molecule has 2 N–H and O–H groups in total. The predicted octanol–water partition coefficient (Wildman–Crippen LogP) is 0.331. The van der Waals surface area contributed by atoms with Crippen LogP contribution in [0, 0.1) is 23.0 Å². The number of nitrogens with zero attached hydrogens (tertiary/aromatic N) is 3. The number of hydrogen-bond acceptors (Lipinski definition) is 6. The lowest BCUT2D eigenvalue weighted by molar-refractivity contribution is -0.385. The van der Waals surface area contributed by atoms with Crippen molar-refractivity contribution in [1.82, 2.24) is 9.21 Å². The number of benzene rings is 1. The van der Waals surface area contributed by atoms with Gasteiger partial charge >= 0.3 is 0 Å². The van der Waals surface area contributed by atoms with Gasteiger partial charge in [-0.25, -0.2) is 8.42 Å². The SMILES string of the molecule is Cc1ccc([N+](=O)[O-])cc1S(=O)(=O)N1CCN(C(=O)C(C)CN)CC1. The van der Waals surface area contributed by atoms with Crippen LogP contribution in [0.2, 0.25) is 0 Å². The summed E-state index contributed by atoms with van der Waals surface area (Å²) in [5.41, 5.74) is 5.68. The molecule has 0 aromatic heterocycles. The van der Waals surface area contributed by atoms with Gasteiger partial charge in [-0.3, -0.25) is 14.9 Å². The number of piperazine rings is 1. The summed E-state index contributed by atoms with van der Waals surface area (Å²) >= 11 is 0. The van der Waals surface area contributed by atoms with Crippen LogP contribution in [0.1, 0.15) is 12.5 Å². The largest absolute Gasteiger partial charge is 0.340 e. The van der Waals surface area contributed by atoms with E-state index in [1.165, 1.54) is 16.4 Å². The molecule has 9 nitrogen and oxygen atoms in total. The average Bonchev–Trinajstić information content (AvgIpc) is 2.60. The van der Waals surface area contributed by atoms with E-state index in [9.17, 15) is 23.3 Å². The number of amides is 1. The predicted molar refractivity (Wildman–Crippen MR) is 91.4 cm³/mol. The fourth-order valence-electron chi connectivity index (χ4n) is 2.68. The third-order valence-electron chi connectivity index (χ3n) is 4.33. The Kier molecular flexibility index (Phi) is 5.76. The molecule has 1 aliphatic heterocycles. The van der Waals surface area contributed by atoms with Crippen LogP contribution in [0.4, 0.5) is 5.69 Å². The Bertz CT molecular complexity index is 772. The van der Waals surface area contributed by atoms with Crippen LogP contribution in [0.5, 0.6) is 0 Å². The highest BCUT2D eigenvalue weighted by atomic mass is 32.2. The first-order valence-corrected chi connectivity index (χ1v) is 9.36. The molecule has 1 heterocycles. The smallest absolute Gasteiger partial charge is 0.270 e. The van der Waals surface area contributed by atoms with Crippen molar-refractivity contribution < 1.29 is 18.1 Å². The molecule has 1 aromatic rings. The van der Waals surface area contributed by atoms with E-state index in [1.54, 1.807) is 18.7 Å². The van der Waals surface area contributed by atoms with Gasteiger partial charge in [0.1, 0.15) is 0 Å². The highest BCUT2D eigenvalue weighted by molar-refractivity contribution is 7.89. The molecule has 0 radical (unpaired) electrons. The minimum Gasteiger partial charge on any atom is -0.340 e. The van der Waals surface area contributed by atoms with Crippen LogP contribution >= 0.6 is 0 Å². The molecule has 0 saturated carbocycles. The van der Waals surface area contributed by atoms with E-state index in [0.29, 0.717) is 5.56 Å². The quantitative estimate of drug-likeness (QED) is 0.588. The fourth-order valence-corrected chi connectivity index (χ4v) is 4.35. The molecule has 0 bridgehead atoms. The topological polar surface area (TPSA) is 127 Å². The second-order valence-electron chi connectivity index (χ2n) is 6.07. The van der Waals surface area contributed by atoms with Crippen LogP contribution in [0.3, 0.4) is 0 Å². The molecule has 1 saturated heterocycles. The van der Waals surface area contributed by atoms with Crippen molar-refractivity contribution in [2.24, 2.45) is 11.7 Å². The number of carbonyl (C=O) groups is 1. The average molecular weight is 370 g/mol. The zero-order valence-corrected chi connectivity index (χ0v) is 15.0. The molecular formula is C15H22N4O5S. The Morgan fingerprint density at radius 3 is 2.44 bits per heavy atom. The van der Waals surface area contributed by atoms with Crippen molar-refractivity contribution >= 4 is 21.6 Å². The number of aryl methyl sites for hydroxylation is 1. The first-order valence-electron chi connectivity index (χ1n) is 7.92. The second kappa shape index (κ2) is 7.46. The summed E-state index contributed by atoms with van der Waals surface area (Å²) in [6, 6.07) is 3.78. The van der Waals surface area contributed by atoms with Gasteiger partial charge in [0.05, 0.1) is 9.82 Å². The van der Waals surface area contributed by atoms with Crippen LogP contribution in [0.15, 0.2) is 23.1 Å². The monoisotopic (exact) mass is 370 g/mol.